The third-order valence-electron chi connectivity index (χ3n) is 0.717. The third-order valence-corrected chi connectivity index (χ3v) is 2.83. The topological polar surface area (TPSA) is 29.5 Å². The Kier molecular flexibility index (Phi) is 4.35. The first-order valence-corrected chi connectivity index (χ1v) is 5.65. The average molecular weight is 183 g/mol. The fourth-order valence-electron chi connectivity index (χ4n) is 0.514. The van der Waals surface area contributed by atoms with E-state index in [0.717, 1.165) is 6.42 Å². The van der Waals surface area contributed by atoms with Crippen LogP contribution in [0.25, 0.3) is 0 Å². The van der Waals surface area contributed by atoms with Crippen LogP contribution in [0.4, 0.5) is 0 Å². The standard InChI is InChI=1S/C5H13NO2S2/c1-4-5-10(7,9)8-6(2)3/h4-5H2,1-3H3. The summed E-state index contributed by atoms with van der Waals surface area (Å²) in [5, 5.41) is 1.38. The highest BCUT2D eigenvalue weighted by Gasteiger charge is 2.05. The molecular weight excluding hydrogens is 170 g/mol. The highest BCUT2D eigenvalue weighted by atomic mass is 32.8. The summed E-state index contributed by atoms with van der Waals surface area (Å²) in [4.78, 5) is 0. The highest BCUT2D eigenvalue weighted by molar-refractivity contribution is 8.30. The average Bonchev–Trinajstić information content (AvgIpc) is 1.59. The largest absolute Gasteiger partial charge is 0.227 e. The summed E-state index contributed by atoms with van der Waals surface area (Å²) in [5.74, 6) is 0.445. The molecule has 0 spiro atoms. The van der Waals surface area contributed by atoms with Gasteiger partial charge in [0.25, 0.3) is 0 Å². The third kappa shape index (κ3) is 5.10. The SMILES string of the molecule is CCCS(=O)(=S)ON(C)C. The summed E-state index contributed by atoms with van der Waals surface area (Å²) in [6, 6.07) is 0. The van der Waals surface area contributed by atoms with Gasteiger partial charge in [-0.3, -0.25) is 0 Å². The minimum Gasteiger partial charge on any atom is -0.227 e. The van der Waals surface area contributed by atoms with Crippen LogP contribution in [0.5, 0.6) is 0 Å². The zero-order chi connectivity index (χ0) is 8.20. The molecule has 10 heavy (non-hydrogen) atoms. The van der Waals surface area contributed by atoms with Crippen LogP contribution < -0.4 is 0 Å². The molecule has 1 unspecified atom stereocenters. The van der Waals surface area contributed by atoms with Gasteiger partial charge in [0.15, 0.2) is 8.77 Å². The fraction of sp³-hybridized carbons (Fsp3) is 1.00. The van der Waals surface area contributed by atoms with Gasteiger partial charge in [-0.05, 0) is 6.42 Å². The smallest absolute Gasteiger partial charge is 0.160 e. The van der Waals surface area contributed by atoms with Crippen LogP contribution in [-0.4, -0.2) is 29.1 Å². The van der Waals surface area contributed by atoms with E-state index in [0.29, 0.717) is 5.75 Å². The van der Waals surface area contributed by atoms with Gasteiger partial charge in [0, 0.05) is 25.3 Å². The molecule has 0 radical (unpaired) electrons. The summed E-state index contributed by atoms with van der Waals surface area (Å²) in [7, 11) is 0.865. The lowest BCUT2D eigenvalue weighted by Crippen LogP contribution is -2.19. The van der Waals surface area contributed by atoms with Gasteiger partial charge in [0.1, 0.15) is 0 Å². The van der Waals surface area contributed by atoms with Crippen molar-refractivity contribution in [3.63, 3.8) is 0 Å². The van der Waals surface area contributed by atoms with Crippen molar-refractivity contribution in [1.82, 2.24) is 5.06 Å². The Labute approximate surface area is 67.2 Å². The van der Waals surface area contributed by atoms with Gasteiger partial charge in [-0.2, -0.15) is 9.35 Å². The summed E-state index contributed by atoms with van der Waals surface area (Å²) in [5.41, 5.74) is 0. The second-order valence-corrected chi connectivity index (χ2v) is 5.34. The molecule has 3 nitrogen and oxygen atoms in total. The molecule has 0 rings (SSSR count). The van der Waals surface area contributed by atoms with E-state index < -0.39 is 8.77 Å². The van der Waals surface area contributed by atoms with E-state index >= 15 is 0 Å². The normalized spacial score (nSPS) is 17.2. The lowest BCUT2D eigenvalue weighted by molar-refractivity contribution is 0.0130. The van der Waals surface area contributed by atoms with Gasteiger partial charge >= 0.3 is 0 Å². The fourth-order valence-corrected chi connectivity index (χ4v) is 2.41. The van der Waals surface area contributed by atoms with Crippen LogP contribution in [0, 0.1) is 0 Å². The first-order chi connectivity index (χ1) is 4.48. The van der Waals surface area contributed by atoms with Crippen molar-refractivity contribution >= 4 is 20.0 Å². The first kappa shape index (κ1) is 10.3. The summed E-state index contributed by atoms with van der Waals surface area (Å²) in [6.07, 6.45) is 0.788. The van der Waals surface area contributed by atoms with E-state index in [1.165, 1.54) is 5.06 Å². The molecule has 62 valence electrons. The molecule has 0 aliphatic carbocycles. The van der Waals surface area contributed by atoms with Crippen LogP contribution in [0.1, 0.15) is 13.3 Å². The lowest BCUT2D eigenvalue weighted by atomic mass is 10.6. The molecule has 0 aromatic carbocycles. The second kappa shape index (κ2) is 4.23. The Hall–Kier alpha value is 0.290. The van der Waals surface area contributed by atoms with E-state index in [2.05, 4.69) is 11.2 Å². The van der Waals surface area contributed by atoms with Crippen molar-refractivity contribution in [2.45, 2.75) is 13.3 Å². The maximum absolute atomic E-state index is 11.1. The molecule has 0 aliphatic heterocycles. The molecule has 0 aromatic rings. The summed E-state index contributed by atoms with van der Waals surface area (Å²) >= 11 is 4.68. The maximum atomic E-state index is 11.1. The number of hydrogen-bond acceptors (Lipinski definition) is 4. The first-order valence-electron chi connectivity index (χ1n) is 3.07. The molecule has 5 heteroatoms. The van der Waals surface area contributed by atoms with Gasteiger partial charge in [0.05, 0.1) is 5.75 Å². The number of hydroxylamine groups is 2. The van der Waals surface area contributed by atoms with Crippen molar-refractivity contribution in [3.8, 4) is 0 Å². The molecule has 0 amide bonds. The molecule has 0 aliphatic rings. The van der Waals surface area contributed by atoms with Crippen molar-refractivity contribution < 1.29 is 8.49 Å². The summed E-state index contributed by atoms with van der Waals surface area (Å²) < 4.78 is 16.0. The molecule has 0 saturated heterocycles. The Morgan fingerprint density at radius 3 is 2.40 bits per heavy atom. The molecule has 1 atom stereocenters. The van der Waals surface area contributed by atoms with E-state index in [4.69, 9.17) is 4.28 Å². The van der Waals surface area contributed by atoms with E-state index in [9.17, 15) is 4.21 Å². The Bertz CT molecular complexity index is 174. The number of nitrogens with zero attached hydrogens (tertiary/aromatic N) is 1. The van der Waals surface area contributed by atoms with Gasteiger partial charge in [-0.1, -0.05) is 6.92 Å². The quantitative estimate of drug-likeness (QED) is 0.595. The Morgan fingerprint density at radius 2 is 2.10 bits per heavy atom. The van der Waals surface area contributed by atoms with Crippen LogP contribution in [-0.2, 0) is 24.2 Å². The second-order valence-electron chi connectivity index (χ2n) is 2.15. The molecular formula is C5H13NO2S2. The van der Waals surface area contributed by atoms with E-state index in [1.807, 2.05) is 6.92 Å². The van der Waals surface area contributed by atoms with Crippen LogP contribution in [0.15, 0.2) is 0 Å². The van der Waals surface area contributed by atoms with Crippen molar-refractivity contribution in [1.29, 1.82) is 0 Å². The van der Waals surface area contributed by atoms with E-state index in [1.54, 1.807) is 14.1 Å². The van der Waals surface area contributed by atoms with Crippen LogP contribution in [0.3, 0.4) is 0 Å². The molecule has 0 bridgehead atoms. The molecule has 0 heterocycles. The number of rotatable bonds is 4. The van der Waals surface area contributed by atoms with Crippen LogP contribution >= 0.6 is 0 Å². The maximum Gasteiger partial charge on any atom is 0.160 e. The van der Waals surface area contributed by atoms with Gasteiger partial charge < -0.3 is 0 Å². The zero-order valence-electron chi connectivity index (χ0n) is 6.49. The van der Waals surface area contributed by atoms with Crippen LogP contribution in [0.2, 0.25) is 0 Å². The minimum absolute atomic E-state index is 0.445. The van der Waals surface area contributed by atoms with Crippen molar-refractivity contribution in [3.05, 3.63) is 0 Å². The Morgan fingerprint density at radius 1 is 1.60 bits per heavy atom. The zero-order valence-corrected chi connectivity index (χ0v) is 8.13. The summed E-state index contributed by atoms with van der Waals surface area (Å²) in [6.45, 7) is 1.92. The van der Waals surface area contributed by atoms with Gasteiger partial charge in [0.2, 0.25) is 0 Å². The molecule has 0 aromatic heterocycles. The molecule has 0 saturated carbocycles. The van der Waals surface area contributed by atoms with Gasteiger partial charge in [-0.15, -0.1) is 0 Å². The molecule has 0 fully saturated rings. The predicted octanol–water partition coefficient (Wildman–Crippen LogP) is 0.551. The predicted molar refractivity (Wildman–Crippen MR) is 45.4 cm³/mol. The van der Waals surface area contributed by atoms with Crippen molar-refractivity contribution in [2.24, 2.45) is 0 Å². The highest BCUT2D eigenvalue weighted by Crippen LogP contribution is 1.97. The van der Waals surface area contributed by atoms with Gasteiger partial charge in [-0.25, -0.2) is 4.21 Å². The number of hydrogen-bond donors (Lipinski definition) is 0. The van der Waals surface area contributed by atoms with E-state index in [-0.39, 0.29) is 0 Å². The molecule has 0 N–H and O–H groups in total. The van der Waals surface area contributed by atoms with Crippen molar-refractivity contribution in [2.75, 3.05) is 19.8 Å². The monoisotopic (exact) mass is 183 g/mol. The lowest BCUT2D eigenvalue weighted by Gasteiger charge is -2.11. The minimum atomic E-state index is -2.47. The Balaban J connectivity index is 3.89.